The highest BCUT2D eigenvalue weighted by Gasteiger charge is 2.20. The first-order valence-corrected chi connectivity index (χ1v) is 5.01. The molecule has 0 aromatic heterocycles. The van der Waals surface area contributed by atoms with E-state index in [0.29, 0.717) is 18.5 Å². The van der Waals surface area contributed by atoms with Gasteiger partial charge in [-0.05, 0) is 39.2 Å². The predicted octanol–water partition coefficient (Wildman–Crippen LogP) is 1.44. The Morgan fingerprint density at radius 3 is 3.00 bits per heavy atom. The zero-order chi connectivity index (χ0) is 9.68. The number of piperidine rings is 1. The summed E-state index contributed by atoms with van der Waals surface area (Å²) in [5.74, 6) is 0.567. The summed E-state index contributed by atoms with van der Waals surface area (Å²) in [5, 5.41) is 0. The lowest BCUT2D eigenvalue weighted by molar-refractivity contribution is 0.143. The molecule has 0 saturated carbocycles. The summed E-state index contributed by atoms with van der Waals surface area (Å²) >= 11 is 0. The van der Waals surface area contributed by atoms with E-state index in [0.717, 1.165) is 6.54 Å². The van der Waals surface area contributed by atoms with Crippen molar-refractivity contribution >= 4 is 6.08 Å². The second kappa shape index (κ2) is 5.15. The van der Waals surface area contributed by atoms with E-state index in [-0.39, 0.29) is 0 Å². The van der Waals surface area contributed by atoms with E-state index in [1.807, 2.05) is 0 Å². The van der Waals surface area contributed by atoms with Gasteiger partial charge in [0.15, 0.2) is 0 Å². The maximum atomic E-state index is 9.96. The highest BCUT2D eigenvalue weighted by atomic mass is 16.1. The van der Waals surface area contributed by atoms with Gasteiger partial charge in [0.1, 0.15) is 0 Å². The molecular weight excluding hydrogens is 164 g/mol. The van der Waals surface area contributed by atoms with E-state index in [1.165, 1.54) is 19.4 Å². The van der Waals surface area contributed by atoms with Crippen LogP contribution in [0.3, 0.4) is 0 Å². The predicted molar refractivity (Wildman–Crippen MR) is 52.4 cm³/mol. The van der Waals surface area contributed by atoms with Crippen molar-refractivity contribution < 1.29 is 4.79 Å². The SMILES string of the molecule is CC(C)N1CCCC(CN=C=O)C1. The highest BCUT2D eigenvalue weighted by molar-refractivity contribution is 5.32. The molecule has 1 rings (SSSR count). The van der Waals surface area contributed by atoms with Crippen LogP contribution in [0.4, 0.5) is 0 Å². The third-order valence-corrected chi connectivity index (χ3v) is 2.69. The smallest absolute Gasteiger partial charge is 0.234 e. The number of aliphatic imine (C=N–C) groups is 1. The fraction of sp³-hybridized carbons (Fsp3) is 0.900. The first kappa shape index (κ1) is 10.4. The van der Waals surface area contributed by atoms with Crippen LogP contribution in [-0.4, -0.2) is 36.7 Å². The van der Waals surface area contributed by atoms with Crippen molar-refractivity contribution in [3.8, 4) is 0 Å². The van der Waals surface area contributed by atoms with Crippen LogP contribution in [0, 0.1) is 5.92 Å². The maximum absolute atomic E-state index is 9.96. The van der Waals surface area contributed by atoms with Crippen molar-refractivity contribution in [3.05, 3.63) is 0 Å². The van der Waals surface area contributed by atoms with Crippen LogP contribution in [-0.2, 0) is 4.79 Å². The minimum Gasteiger partial charge on any atom is -0.301 e. The molecule has 1 aliphatic rings. The van der Waals surface area contributed by atoms with Gasteiger partial charge in [-0.1, -0.05) is 0 Å². The number of carbonyl (C=O) groups excluding carboxylic acids is 1. The molecule has 3 heteroatoms. The number of likely N-dealkylation sites (tertiary alicyclic amines) is 1. The molecule has 1 saturated heterocycles. The van der Waals surface area contributed by atoms with E-state index in [4.69, 9.17) is 0 Å². The van der Waals surface area contributed by atoms with Crippen LogP contribution in [0.2, 0.25) is 0 Å². The zero-order valence-corrected chi connectivity index (χ0v) is 8.49. The lowest BCUT2D eigenvalue weighted by Gasteiger charge is -2.34. The molecule has 1 unspecified atom stereocenters. The van der Waals surface area contributed by atoms with Crippen molar-refractivity contribution in [2.75, 3.05) is 19.6 Å². The fourth-order valence-corrected chi connectivity index (χ4v) is 1.88. The molecule has 1 heterocycles. The second-order valence-corrected chi connectivity index (χ2v) is 4.03. The molecule has 0 spiro atoms. The number of isocyanates is 1. The molecule has 1 fully saturated rings. The molecule has 0 aliphatic carbocycles. The first-order valence-electron chi connectivity index (χ1n) is 5.01. The summed E-state index contributed by atoms with van der Waals surface area (Å²) in [5.41, 5.74) is 0. The molecule has 0 bridgehead atoms. The molecule has 1 atom stereocenters. The fourth-order valence-electron chi connectivity index (χ4n) is 1.88. The molecule has 0 radical (unpaired) electrons. The number of hydrogen-bond donors (Lipinski definition) is 0. The summed E-state index contributed by atoms with van der Waals surface area (Å²) in [7, 11) is 0. The van der Waals surface area contributed by atoms with Gasteiger partial charge in [0, 0.05) is 12.6 Å². The molecule has 0 amide bonds. The third kappa shape index (κ3) is 3.29. The van der Waals surface area contributed by atoms with Crippen LogP contribution in [0.25, 0.3) is 0 Å². The second-order valence-electron chi connectivity index (χ2n) is 4.03. The summed E-state index contributed by atoms with van der Waals surface area (Å²) in [6, 6.07) is 0.614. The largest absolute Gasteiger partial charge is 0.301 e. The molecule has 3 nitrogen and oxygen atoms in total. The van der Waals surface area contributed by atoms with Gasteiger partial charge in [0.25, 0.3) is 0 Å². The van der Waals surface area contributed by atoms with Gasteiger partial charge in [0.05, 0.1) is 6.54 Å². The monoisotopic (exact) mass is 182 g/mol. The molecule has 0 N–H and O–H groups in total. The Bertz CT molecular complexity index is 197. The van der Waals surface area contributed by atoms with Crippen LogP contribution < -0.4 is 0 Å². The van der Waals surface area contributed by atoms with Crippen molar-refractivity contribution in [1.82, 2.24) is 4.90 Å². The Labute approximate surface area is 79.8 Å². The first-order chi connectivity index (χ1) is 6.24. The number of nitrogens with zero attached hydrogens (tertiary/aromatic N) is 2. The van der Waals surface area contributed by atoms with Gasteiger partial charge in [-0.3, -0.25) is 0 Å². The average Bonchev–Trinajstić information content (AvgIpc) is 2.15. The highest BCUT2D eigenvalue weighted by Crippen LogP contribution is 2.18. The van der Waals surface area contributed by atoms with E-state index < -0.39 is 0 Å². The standard InChI is InChI=1S/C10H18N2O/c1-9(2)12-5-3-4-10(7-12)6-11-8-13/h9-10H,3-7H2,1-2H3. The third-order valence-electron chi connectivity index (χ3n) is 2.69. The summed E-state index contributed by atoms with van der Waals surface area (Å²) in [6.07, 6.45) is 4.05. The van der Waals surface area contributed by atoms with E-state index >= 15 is 0 Å². The summed E-state index contributed by atoms with van der Waals surface area (Å²) < 4.78 is 0. The summed E-state index contributed by atoms with van der Waals surface area (Å²) in [4.78, 5) is 16.1. The Morgan fingerprint density at radius 2 is 2.38 bits per heavy atom. The van der Waals surface area contributed by atoms with Gasteiger partial charge in [-0.2, -0.15) is 0 Å². The van der Waals surface area contributed by atoms with Crippen molar-refractivity contribution in [3.63, 3.8) is 0 Å². The zero-order valence-electron chi connectivity index (χ0n) is 8.49. The van der Waals surface area contributed by atoms with Crippen molar-refractivity contribution in [2.45, 2.75) is 32.7 Å². The van der Waals surface area contributed by atoms with Crippen LogP contribution in [0.15, 0.2) is 4.99 Å². The normalized spacial score (nSPS) is 24.4. The molecular formula is C10H18N2O. The minimum absolute atomic E-state index is 0.567. The average molecular weight is 182 g/mol. The van der Waals surface area contributed by atoms with E-state index in [9.17, 15) is 4.79 Å². The minimum atomic E-state index is 0.567. The van der Waals surface area contributed by atoms with Crippen LogP contribution in [0.5, 0.6) is 0 Å². The molecule has 13 heavy (non-hydrogen) atoms. The molecule has 74 valence electrons. The van der Waals surface area contributed by atoms with Crippen molar-refractivity contribution in [1.29, 1.82) is 0 Å². The molecule has 0 aromatic rings. The van der Waals surface area contributed by atoms with E-state index in [2.05, 4.69) is 23.7 Å². The maximum Gasteiger partial charge on any atom is 0.234 e. The summed E-state index contributed by atoms with van der Waals surface area (Å²) in [6.45, 7) is 7.37. The van der Waals surface area contributed by atoms with Gasteiger partial charge in [-0.25, -0.2) is 9.79 Å². The molecule has 0 aromatic carbocycles. The lowest BCUT2D eigenvalue weighted by atomic mass is 9.97. The van der Waals surface area contributed by atoms with Crippen LogP contribution in [0.1, 0.15) is 26.7 Å². The number of hydrogen-bond acceptors (Lipinski definition) is 3. The Hall–Kier alpha value is -0.660. The van der Waals surface area contributed by atoms with Gasteiger partial charge in [-0.15, -0.1) is 0 Å². The molecule has 1 aliphatic heterocycles. The Morgan fingerprint density at radius 1 is 1.62 bits per heavy atom. The van der Waals surface area contributed by atoms with Gasteiger partial charge in [0.2, 0.25) is 6.08 Å². The van der Waals surface area contributed by atoms with Crippen LogP contribution >= 0.6 is 0 Å². The van der Waals surface area contributed by atoms with Crippen molar-refractivity contribution in [2.24, 2.45) is 10.9 Å². The number of rotatable bonds is 3. The lowest BCUT2D eigenvalue weighted by Crippen LogP contribution is -2.40. The quantitative estimate of drug-likeness (QED) is 0.489. The van der Waals surface area contributed by atoms with Gasteiger partial charge < -0.3 is 4.90 Å². The topological polar surface area (TPSA) is 32.7 Å². The Balaban J connectivity index is 2.37. The van der Waals surface area contributed by atoms with Gasteiger partial charge >= 0.3 is 0 Å². The Kier molecular flexibility index (Phi) is 4.13. The van der Waals surface area contributed by atoms with E-state index in [1.54, 1.807) is 6.08 Å².